The van der Waals surface area contributed by atoms with Crippen LogP contribution in [-0.2, 0) is 4.79 Å². The lowest BCUT2D eigenvalue weighted by atomic mass is 10.1. The first-order valence-corrected chi connectivity index (χ1v) is 6.39. The van der Waals surface area contributed by atoms with Gasteiger partial charge in [0, 0.05) is 11.7 Å². The van der Waals surface area contributed by atoms with Crippen LogP contribution in [0, 0.1) is 5.92 Å². The number of carbonyl (C=O) groups excluding carboxylic acids is 1. The van der Waals surface area contributed by atoms with Crippen molar-refractivity contribution >= 4 is 34.9 Å². The van der Waals surface area contributed by atoms with E-state index >= 15 is 0 Å². The van der Waals surface area contributed by atoms with Crippen LogP contribution in [0.1, 0.15) is 19.8 Å². The van der Waals surface area contributed by atoms with Crippen molar-refractivity contribution in [3.63, 3.8) is 0 Å². The summed E-state index contributed by atoms with van der Waals surface area (Å²) >= 11 is 6.70. The molecule has 1 aliphatic heterocycles. The maximum Gasteiger partial charge on any atom is 0.224 e. The second-order valence-electron chi connectivity index (χ2n) is 3.43. The van der Waals surface area contributed by atoms with Gasteiger partial charge in [-0.1, -0.05) is 19.1 Å². The van der Waals surface area contributed by atoms with Crippen molar-refractivity contribution in [1.29, 1.82) is 0 Å². The quantitative estimate of drug-likeness (QED) is 0.708. The van der Waals surface area contributed by atoms with Crippen molar-refractivity contribution in [2.75, 3.05) is 11.5 Å². The Hall–Kier alpha value is -0.290. The summed E-state index contributed by atoms with van der Waals surface area (Å²) in [6.07, 6.45) is 1.74. The molecule has 3 N–H and O–H groups in total. The van der Waals surface area contributed by atoms with Crippen LogP contribution in [0.15, 0.2) is 0 Å². The largest absolute Gasteiger partial charge is 0.392 e. The predicted octanol–water partition coefficient (Wildman–Crippen LogP) is 0.920. The van der Waals surface area contributed by atoms with Gasteiger partial charge in [0.2, 0.25) is 5.91 Å². The molecule has 1 fully saturated rings. The average molecular weight is 232 g/mol. The van der Waals surface area contributed by atoms with Crippen LogP contribution < -0.4 is 11.1 Å². The molecule has 3 nitrogen and oxygen atoms in total. The monoisotopic (exact) mass is 232 g/mol. The standard InChI is InChI=1S/C9H16N2OS2/c1-2-7(8(10)13)11-9(12)6-3-4-14-5-6/h6-7H,2-5H2,1H3,(H2,10,13)(H,11,12). The number of hydrogen-bond acceptors (Lipinski definition) is 3. The summed E-state index contributed by atoms with van der Waals surface area (Å²) in [5.41, 5.74) is 5.51. The minimum absolute atomic E-state index is 0.106. The first-order valence-electron chi connectivity index (χ1n) is 4.82. The molecule has 80 valence electrons. The van der Waals surface area contributed by atoms with Gasteiger partial charge in [-0.2, -0.15) is 11.8 Å². The molecule has 0 spiro atoms. The fraction of sp³-hybridized carbons (Fsp3) is 0.778. The normalized spacial score (nSPS) is 23.1. The molecule has 1 aliphatic rings. The summed E-state index contributed by atoms with van der Waals surface area (Å²) < 4.78 is 0. The molecule has 5 heteroatoms. The second-order valence-corrected chi connectivity index (χ2v) is 5.05. The molecule has 0 aromatic carbocycles. The lowest BCUT2D eigenvalue weighted by Crippen LogP contribution is -2.45. The van der Waals surface area contributed by atoms with Crippen molar-refractivity contribution in [2.45, 2.75) is 25.8 Å². The highest BCUT2D eigenvalue weighted by molar-refractivity contribution is 7.99. The summed E-state index contributed by atoms with van der Waals surface area (Å²) in [6, 6.07) is -0.136. The molecular formula is C9H16N2OS2. The van der Waals surface area contributed by atoms with E-state index < -0.39 is 0 Å². The van der Waals surface area contributed by atoms with Crippen molar-refractivity contribution in [3.05, 3.63) is 0 Å². The average Bonchev–Trinajstić information content (AvgIpc) is 2.65. The Labute approximate surface area is 94.2 Å². The number of hydrogen-bond donors (Lipinski definition) is 2. The van der Waals surface area contributed by atoms with Crippen molar-refractivity contribution in [1.82, 2.24) is 5.32 Å². The minimum Gasteiger partial charge on any atom is -0.392 e. The van der Waals surface area contributed by atoms with Gasteiger partial charge in [0.05, 0.1) is 11.0 Å². The second kappa shape index (κ2) is 5.56. The van der Waals surface area contributed by atoms with Gasteiger partial charge in [-0.3, -0.25) is 4.79 Å². The van der Waals surface area contributed by atoms with E-state index in [0.717, 1.165) is 24.3 Å². The molecule has 1 amide bonds. The third-order valence-electron chi connectivity index (χ3n) is 2.37. The van der Waals surface area contributed by atoms with E-state index in [4.69, 9.17) is 18.0 Å². The zero-order chi connectivity index (χ0) is 10.6. The van der Waals surface area contributed by atoms with Crippen LogP contribution in [0.2, 0.25) is 0 Å². The van der Waals surface area contributed by atoms with E-state index in [0.29, 0.717) is 4.99 Å². The number of carbonyl (C=O) groups is 1. The van der Waals surface area contributed by atoms with Crippen molar-refractivity contribution < 1.29 is 4.79 Å². The van der Waals surface area contributed by atoms with Gasteiger partial charge in [0.25, 0.3) is 0 Å². The zero-order valence-electron chi connectivity index (χ0n) is 8.29. The smallest absolute Gasteiger partial charge is 0.224 e. The maximum atomic E-state index is 11.7. The van der Waals surface area contributed by atoms with Crippen molar-refractivity contribution in [3.8, 4) is 0 Å². The number of rotatable bonds is 4. The summed E-state index contributed by atoms with van der Waals surface area (Å²) in [4.78, 5) is 12.1. The Kier molecular flexibility index (Phi) is 4.68. The highest BCUT2D eigenvalue weighted by Crippen LogP contribution is 2.23. The van der Waals surface area contributed by atoms with Crippen LogP contribution >= 0.6 is 24.0 Å². The Bertz CT molecular complexity index is 227. The summed E-state index contributed by atoms with van der Waals surface area (Å²) in [7, 11) is 0. The number of nitrogens with one attached hydrogen (secondary N) is 1. The zero-order valence-corrected chi connectivity index (χ0v) is 9.92. The topological polar surface area (TPSA) is 55.1 Å². The van der Waals surface area contributed by atoms with Gasteiger partial charge in [-0.05, 0) is 18.6 Å². The highest BCUT2D eigenvalue weighted by Gasteiger charge is 2.25. The third kappa shape index (κ3) is 3.13. The molecule has 2 atom stereocenters. The third-order valence-corrected chi connectivity index (χ3v) is 3.82. The van der Waals surface area contributed by atoms with Crippen LogP contribution in [-0.4, -0.2) is 28.4 Å². The van der Waals surface area contributed by atoms with Gasteiger partial charge in [0.1, 0.15) is 0 Å². The molecule has 1 saturated heterocycles. The lowest BCUT2D eigenvalue weighted by molar-refractivity contribution is -0.124. The summed E-state index contributed by atoms with van der Waals surface area (Å²) in [5, 5.41) is 2.89. The Morgan fingerprint density at radius 2 is 2.50 bits per heavy atom. The Balaban J connectivity index is 2.41. The van der Waals surface area contributed by atoms with Crippen LogP contribution in [0.5, 0.6) is 0 Å². The van der Waals surface area contributed by atoms with E-state index in [1.807, 2.05) is 18.7 Å². The van der Waals surface area contributed by atoms with Gasteiger partial charge < -0.3 is 11.1 Å². The molecule has 0 radical (unpaired) electrons. The van der Waals surface area contributed by atoms with Crippen molar-refractivity contribution in [2.24, 2.45) is 11.7 Å². The lowest BCUT2D eigenvalue weighted by Gasteiger charge is -2.17. The maximum absolute atomic E-state index is 11.7. The van der Waals surface area contributed by atoms with Crippen LogP contribution in [0.25, 0.3) is 0 Å². The minimum atomic E-state index is -0.136. The highest BCUT2D eigenvalue weighted by atomic mass is 32.2. The number of amides is 1. The van der Waals surface area contributed by atoms with E-state index in [1.165, 1.54) is 0 Å². The van der Waals surface area contributed by atoms with E-state index in [9.17, 15) is 4.79 Å². The Morgan fingerprint density at radius 3 is 2.93 bits per heavy atom. The first-order chi connectivity index (χ1) is 6.65. The van der Waals surface area contributed by atoms with Crippen LogP contribution in [0.3, 0.4) is 0 Å². The molecule has 0 aromatic heterocycles. The van der Waals surface area contributed by atoms with Gasteiger partial charge in [-0.25, -0.2) is 0 Å². The number of thioether (sulfide) groups is 1. The molecule has 2 unspecified atom stereocenters. The number of nitrogens with two attached hydrogens (primary N) is 1. The predicted molar refractivity (Wildman–Crippen MR) is 64.4 cm³/mol. The molecule has 0 bridgehead atoms. The first kappa shape index (κ1) is 11.8. The van der Waals surface area contributed by atoms with E-state index in [1.54, 1.807) is 0 Å². The fourth-order valence-corrected chi connectivity index (χ4v) is 2.85. The Morgan fingerprint density at radius 1 is 1.79 bits per heavy atom. The van der Waals surface area contributed by atoms with E-state index in [-0.39, 0.29) is 17.9 Å². The molecular weight excluding hydrogens is 216 g/mol. The molecule has 1 heterocycles. The molecule has 0 aromatic rings. The van der Waals surface area contributed by atoms with Gasteiger partial charge in [0.15, 0.2) is 0 Å². The van der Waals surface area contributed by atoms with Gasteiger partial charge >= 0.3 is 0 Å². The van der Waals surface area contributed by atoms with Gasteiger partial charge in [-0.15, -0.1) is 0 Å². The molecule has 0 saturated carbocycles. The number of thiocarbonyl (C=S) groups is 1. The fourth-order valence-electron chi connectivity index (χ4n) is 1.41. The van der Waals surface area contributed by atoms with E-state index in [2.05, 4.69) is 5.32 Å². The molecule has 0 aliphatic carbocycles. The SMILES string of the molecule is CCC(NC(=O)C1CCSC1)C(N)=S. The summed E-state index contributed by atoms with van der Waals surface area (Å²) in [6.45, 7) is 1.97. The van der Waals surface area contributed by atoms with Crippen LogP contribution in [0.4, 0.5) is 0 Å². The molecule has 1 rings (SSSR count). The molecule has 14 heavy (non-hydrogen) atoms. The summed E-state index contributed by atoms with van der Waals surface area (Å²) in [5.74, 6) is 2.28.